The van der Waals surface area contributed by atoms with Crippen LogP contribution >= 0.6 is 0 Å². The van der Waals surface area contributed by atoms with Gasteiger partial charge >= 0.3 is 6.09 Å². The molecule has 0 aliphatic heterocycles. The summed E-state index contributed by atoms with van der Waals surface area (Å²) in [5.74, 6) is -0.145. The first-order valence-corrected chi connectivity index (χ1v) is 12.7. The minimum Gasteiger partial charge on any atom is -0.492 e. The summed E-state index contributed by atoms with van der Waals surface area (Å²) in [4.78, 5) is 30.4. The van der Waals surface area contributed by atoms with E-state index < -0.39 is 17.5 Å². The van der Waals surface area contributed by atoms with Gasteiger partial charge in [-0.3, -0.25) is 9.48 Å². The van der Waals surface area contributed by atoms with Gasteiger partial charge in [-0.1, -0.05) is 0 Å². The van der Waals surface area contributed by atoms with Crippen LogP contribution in [0.3, 0.4) is 0 Å². The molecule has 0 unspecified atom stereocenters. The standard InChI is InChI=1S/C29H34FN5O4/c1-18-23(27(19(2)36)32-34(18)7)12-13-38-25-14-21(30)9-10-24(25)20-8-11-26-31-15-22(35(26)16-20)17-33(6)28(37)39-29(3,4)5/h8-11,14-16H,12-13,17H2,1-7H3. The number of carbonyl (C=O) groups excluding carboxylic acids is 2. The zero-order chi connectivity index (χ0) is 28.5. The van der Waals surface area contributed by atoms with Gasteiger partial charge in [0.1, 0.15) is 28.5 Å². The fourth-order valence-electron chi connectivity index (χ4n) is 4.31. The van der Waals surface area contributed by atoms with Gasteiger partial charge in [-0.15, -0.1) is 0 Å². The number of aryl methyl sites for hydroxylation is 1. The highest BCUT2D eigenvalue weighted by Gasteiger charge is 2.21. The van der Waals surface area contributed by atoms with Crippen LogP contribution in [-0.4, -0.2) is 55.2 Å². The van der Waals surface area contributed by atoms with Crippen LogP contribution in [0.2, 0.25) is 0 Å². The number of ether oxygens (including phenoxy) is 2. The van der Waals surface area contributed by atoms with Crippen LogP contribution < -0.4 is 4.74 Å². The maximum absolute atomic E-state index is 14.3. The molecule has 0 fully saturated rings. The number of carbonyl (C=O) groups is 2. The van der Waals surface area contributed by atoms with Gasteiger partial charge in [-0.05, 0) is 52.0 Å². The topological polar surface area (TPSA) is 91.0 Å². The van der Waals surface area contributed by atoms with E-state index in [0.29, 0.717) is 29.1 Å². The number of amides is 1. The van der Waals surface area contributed by atoms with E-state index >= 15 is 0 Å². The van der Waals surface area contributed by atoms with E-state index in [-0.39, 0.29) is 18.9 Å². The van der Waals surface area contributed by atoms with Gasteiger partial charge in [0.25, 0.3) is 0 Å². The molecule has 0 atom stereocenters. The Balaban J connectivity index is 1.58. The molecule has 1 aromatic carbocycles. The summed E-state index contributed by atoms with van der Waals surface area (Å²) >= 11 is 0. The average Bonchev–Trinajstić information content (AvgIpc) is 3.38. The van der Waals surface area contributed by atoms with E-state index in [1.165, 1.54) is 24.0 Å². The zero-order valence-corrected chi connectivity index (χ0v) is 23.4. The Morgan fingerprint density at radius 1 is 1.15 bits per heavy atom. The van der Waals surface area contributed by atoms with E-state index in [1.807, 2.05) is 50.4 Å². The lowest BCUT2D eigenvalue weighted by molar-refractivity contribution is 0.0282. The van der Waals surface area contributed by atoms with Gasteiger partial charge in [-0.25, -0.2) is 14.2 Å². The van der Waals surface area contributed by atoms with Crippen LogP contribution in [0, 0.1) is 12.7 Å². The van der Waals surface area contributed by atoms with Crippen molar-refractivity contribution in [1.29, 1.82) is 0 Å². The molecule has 206 valence electrons. The van der Waals surface area contributed by atoms with Gasteiger partial charge in [0.05, 0.1) is 25.0 Å². The van der Waals surface area contributed by atoms with Crippen molar-refractivity contribution >= 4 is 17.5 Å². The van der Waals surface area contributed by atoms with Crippen LogP contribution in [0.25, 0.3) is 16.8 Å². The molecule has 3 aromatic heterocycles. The fraction of sp³-hybridized carbons (Fsp3) is 0.379. The minimum atomic E-state index is -0.597. The number of ketones is 1. The highest BCUT2D eigenvalue weighted by atomic mass is 19.1. The van der Waals surface area contributed by atoms with Crippen LogP contribution in [0.1, 0.15) is 55.1 Å². The number of hydrogen-bond acceptors (Lipinski definition) is 6. The largest absolute Gasteiger partial charge is 0.492 e. The molecule has 0 aliphatic carbocycles. The molecule has 4 aromatic rings. The van der Waals surface area contributed by atoms with Crippen molar-refractivity contribution in [2.24, 2.45) is 7.05 Å². The van der Waals surface area contributed by atoms with Crippen molar-refractivity contribution in [1.82, 2.24) is 24.1 Å². The van der Waals surface area contributed by atoms with E-state index in [9.17, 15) is 14.0 Å². The molecule has 0 aliphatic rings. The fourth-order valence-corrected chi connectivity index (χ4v) is 4.31. The second-order valence-electron chi connectivity index (χ2n) is 10.6. The Hall–Kier alpha value is -4.21. The van der Waals surface area contributed by atoms with Crippen LogP contribution in [0.15, 0.2) is 42.7 Å². The van der Waals surface area contributed by atoms with Crippen molar-refractivity contribution in [3.05, 3.63) is 71.2 Å². The molecule has 0 radical (unpaired) electrons. The average molecular weight is 536 g/mol. The molecule has 39 heavy (non-hydrogen) atoms. The number of Topliss-reactive ketones (excluding diaryl/α,β-unsaturated/α-hetero) is 1. The third kappa shape index (κ3) is 6.27. The van der Waals surface area contributed by atoms with Crippen molar-refractivity contribution < 1.29 is 23.5 Å². The lowest BCUT2D eigenvalue weighted by Gasteiger charge is -2.24. The first-order valence-electron chi connectivity index (χ1n) is 12.7. The Bertz CT molecular complexity index is 1530. The smallest absolute Gasteiger partial charge is 0.410 e. The molecule has 10 heteroatoms. The number of pyridine rings is 1. The lowest BCUT2D eigenvalue weighted by atomic mass is 10.1. The summed E-state index contributed by atoms with van der Waals surface area (Å²) in [7, 11) is 3.47. The van der Waals surface area contributed by atoms with Gasteiger partial charge < -0.3 is 18.8 Å². The van der Waals surface area contributed by atoms with Gasteiger partial charge in [0.15, 0.2) is 5.78 Å². The highest BCUT2D eigenvalue weighted by molar-refractivity contribution is 5.93. The third-order valence-electron chi connectivity index (χ3n) is 6.34. The Morgan fingerprint density at radius 2 is 1.90 bits per heavy atom. The molecule has 1 amide bonds. The summed E-state index contributed by atoms with van der Waals surface area (Å²) < 4.78 is 29.3. The lowest BCUT2D eigenvalue weighted by Crippen LogP contribution is -2.34. The minimum absolute atomic E-state index is 0.109. The predicted octanol–water partition coefficient (Wildman–Crippen LogP) is 5.37. The number of imidazole rings is 1. The van der Waals surface area contributed by atoms with Crippen LogP contribution in [-0.2, 0) is 24.8 Å². The Morgan fingerprint density at radius 3 is 2.59 bits per heavy atom. The molecule has 0 bridgehead atoms. The SMILES string of the molecule is CC(=O)c1nn(C)c(C)c1CCOc1cc(F)ccc1-c1ccc2ncc(CN(C)C(=O)OC(C)(C)C)n2c1. The van der Waals surface area contributed by atoms with E-state index in [4.69, 9.17) is 9.47 Å². The van der Waals surface area contributed by atoms with Crippen molar-refractivity contribution in [3.8, 4) is 16.9 Å². The van der Waals surface area contributed by atoms with E-state index in [2.05, 4.69) is 10.1 Å². The number of rotatable bonds is 8. The summed E-state index contributed by atoms with van der Waals surface area (Å²) in [5.41, 5.74) is 4.52. The first-order chi connectivity index (χ1) is 18.3. The third-order valence-corrected chi connectivity index (χ3v) is 6.34. The molecular weight excluding hydrogens is 501 g/mol. The van der Waals surface area contributed by atoms with Crippen LogP contribution in [0.5, 0.6) is 5.75 Å². The number of fused-ring (bicyclic) bond motifs is 1. The van der Waals surface area contributed by atoms with Crippen molar-refractivity contribution in [3.63, 3.8) is 0 Å². The van der Waals surface area contributed by atoms with Gasteiger partial charge in [-0.2, -0.15) is 5.10 Å². The Labute approximate surface area is 227 Å². The highest BCUT2D eigenvalue weighted by Crippen LogP contribution is 2.32. The Kier molecular flexibility index (Phi) is 7.76. The molecule has 0 saturated carbocycles. The number of hydrogen-bond donors (Lipinski definition) is 0. The summed E-state index contributed by atoms with van der Waals surface area (Å²) in [5, 5.41) is 4.31. The van der Waals surface area contributed by atoms with Gasteiger partial charge in [0, 0.05) is 62.1 Å². The summed E-state index contributed by atoms with van der Waals surface area (Å²) in [6.45, 7) is 9.38. The monoisotopic (exact) mass is 535 g/mol. The van der Waals surface area contributed by atoms with Crippen molar-refractivity contribution in [2.45, 2.75) is 53.2 Å². The molecule has 4 rings (SSSR count). The maximum atomic E-state index is 14.3. The van der Waals surface area contributed by atoms with E-state index in [0.717, 1.165) is 22.5 Å². The van der Waals surface area contributed by atoms with Crippen molar-refractivity contribution in [2.75, 3.05) is 13.7 Å². The number of halogens is 1. The maximum Gasteiger partial charge on any atom is 0.410 e. The quantitative estimate of drug-likeness (QED) is 0.282. The second kappa shape index (κ2) is 10.9. The predicted molar refractivity (Wildman–Crippen MR) is 145 cm³/mol. The normalized spacial score (nSPS) is 11.6. The van der Waals surface area contributed by atoms with Crippen LogP contribution in [0.4, 0.5) is 9.18 Å². The molecular formula is C29H34FN5O4. The summed E-state index contributed by atoms with van der Waals surface area (Å²) in [6, 6.07) is 8.16. The number of nitrogens with zero attached hydrogens (tertiary/aromatic N) is 5. The molecule has 0 saturated heterocycles. The molecule has 0 spiro atoms. The zero-order valence-electron chi connectivity index (χ0n) is 23.4. The molecule has 3 heterocycles. The number of benzene rings is 1. The molecule has 9 nitrogen and oxygen atoms in total. The number of aromatic nitrogens is 4. The second-order valence-corrected chi connectivity index (χ2v) is 10.6. The summed E-state index contributed by atoms with van der Waals surface area (Å²) in [6.07, 6.45) is 3.62. The first kappa shape index (κ1) is 27.8. The molecule has 0 N–H and O–H groups in total. The van der Waals surface area contributed by atoms with E-state index in [1.54, 1.807) is 31.0 Å². The van der Waals surface area contributed by atoms with Gasteiger partial charge in [0.2, 0.25) is 0 Å².